The summed E-state index contributed by atoms with van der Waals surface area (Å²) in [5.41, 5.74) is 7.06. The first-order valence-corrected chi connectivity index (χ1v) is 16.6. The van der Waals surface area contributed by atoms with E-state index in [4.69, 9.17) is 4.74 Å². The van der Waals surface area contributed by atoms with E-state index in [0.29, 0.717) is 16.7 Å². The largest absolute Gasteiger partial charge is 0.459 e. The molecule has 0 amide bonds. The summed E-state index contributed by atoms with van der Waals surface area (Å²) in [4.78, 5) is 12.9. The van der Waals surface area contributed by atoms with Crippen LogP contribution in [0.5, 0.6) is 0 Å². The molecule has 7 atom stereocenters. The van der Waals surface area contributed by atoms with Crippen LogP contribution in [0.3, 0.4) is 0 Å². The average molecular weight is 557 g/mol. The molecule has 0 bridgehead atoms. The number of hydrogen-bond donors (Lipinski definition) is 0. The minimum absolute atomic E-state index is 0.0300. The molecule has 0 N–H and O–H groups in total. The summed E-state index contributed by atoms with van der Waals surface area (Å²) in [5, 5.41) is 0. The Balaban J connectivity index is 1.34. The van der Waals surface area contributed by atoms with E-state index in [1.165, 1.54) is 56.9 Å². The minimum Gasteiger partial charge on any atom is -0.459 e. The van der Waals surface area contributed by atoms with Crippen molar-refractivity contribution in [2.45, 2.75) is 126 Å². The molecule has 0 heterocycles. The molecule has 4 aliphatic rings. The molecule has 2 nitrogen and oxygen atoms in total. The summed E-state index contributed by atoms with van der Waals surface area (Å²) in [6.45, 7) is 19.7. The third-order valence-corrected chi connectivity index (χ3v) is 13.1. The van der Waals surface area contributed by atoms with Crippen molar-refractivity contribution in [2.24, 2.45) is 39.4 Å². The third kappa shape index (κ3) is 5.21. The summed E-state index contributed by atoms with van der Waals surface area (Å²) < 4.78 is 6.21. The van der Waals surface area contributed by atoms with Crippen molar-refractivity contribution in [1.82, 2.24) is 0 Å². The fourth-order valence-electron chi connectivity index (χ4n) is 10.6. The van der Waals surface area contributed by atoms with E-state index in [1.807, 2.05) is 47.6 Å². The molecule has 5 rings (SSSR count). The minimum atomic E-state index is -0.206. The zero-order valence-electron chi connectivity index (χ0n) is 27.3. The van der Waals surface area contributed by atoms with Gasteiger partial charge >= 0.3 is 5.97 Å². The molecular formula is C39H56O2. The number of esters is 1. The van der Waals surface area contributed by atoms with Crippen LogP contribution < -0.4 is 0 Å². The Morgan fingerprint density at radius 1 is 0.951 bits per heavy atom. The Morgan fingerprint density at radius 2 is 1.68 bits per heavy atom. The van der Waals surface area contributed by atoms with Gasteiger partial charge < -0.3 is 4.74 Å². The molecule has 0 saturated heterocycles. The first kappa shape index (κ1) is 30.4. The van der Waals surface area contributed by atoms with Gasteiger partial charge in [0.2, 0.25) is 0 Å². The van der Waals surface area contributed by atoms with Crippen molar-refractivity contribution in [3.05, 3.63) is 64.8 Å². The van der Waals surface area contributed by atoms with Gasteiger partial charge in [0.1, 0.15) is 6.10 Å². The quantitative estimate of drug-likeness (QED) is 0.190. The van der Waals surface area contributed by atoms with Crippen molar-refractivity contribution in [3.63, 3.8) is 0 Å². The van der Waals surface area contributed by atoms with Crippen LogP contribution in [0, 0.1) is 39.4 Å². The second kappa shape index (κ2) is 11.2. The molecule has 2 heteroatoms. The standard InChI is InChI=1S/C39H56O2/c1-27(2)13-12-14-28(3)30-21-25-39(8)32-18-19-33-36(4,5)34(41-35(40)20-17-29-15-10-9-11-16-29)23-24-37(33,6)31(32)22-26-38(30,39)7/h9-11,13,15-17,20,28,30,33-34H,12,14,18-19,21-26H2,1-8H3. The molecule has 4 aliphatic carbocycles. The smallest absolute Gasteiger partial charge is 0.331 e. The van der Waals surface area contributed by atoms with Gasteiger partial charge in [0.05, 0.1) is 0 Å². The van der Waals surface area contributed by atoms with Gasteiger partial charge in [0, 0.05) is 11.5 Å². The Bertz CT molecular complexity index is 1210. The van der Waals surface area contributed by atoms with Gasteiger partial charge in [-0.3, -0.25) is 0 Å². The Labute approximate surface area is 251 Å². The fourth-order valence-corrected chi connectivity index (χ4v) is 10.6. The number of carbonyl (C=O) groups is 1. The molecule has 41 heavy (non-hydrogen) atoms. The molecule has 0 aliphatic heterocycles. The summed E-state index contributed by atoms with van der Waals surface area (Å²) in [6.07, 6.45) is 18.3. The highest BCUT2D eigenvalue weighted by molar-refractivity contribution is 5.87. The van der Waals surface area contributed by atoms with Crippen molar-refractivity contribution in [1.29, 1.82) is 0 Å². The van der Waals surface area contributed by atoms with E-state index in [2.05, 4.69) is 61.5 Å². The lowest BCUT2D eigenvalue weighted by Gasteiger charge is -2.62. The van der Waals surface area contributed by atoms with Crippen LogP contribution >= 0.6 is 0 Å². The highest BCUT2D eigenvalue weighted by atomic mass is 16.5. The normalized spacial score (nSPS) is 36.7. The number of benzene rings is 1. The predicted molar refractivity (Wildman–Crippen MR) is 172 cm³/mol. The molecule has 0 spiro atoms. The number of carbonyl (C=O) groups excluding carboxylic acids is 1. The summed E-state index contributed by atoms with van der Waals surface area (Å²) in [5.74, 6) is 1.95. The van der Waals surface area contributed by atoms with E-state index < -0.39 is 0 Å². The lowest BCUT2D eigenvalue weighted by Crippen LogP contribution is -2.55. The van der Waals surface area contributed by atoms with Crippen molar-refractivity contribution in [2.75, 3.05) is 0 Å². The molecule has 1 aromatic carbocycles. The van der Waals surface area contributed by atoms with Crippen molar-refractivity contribution >= 4 is 12.0 Å². The highest BCUT2D eigenvalue weighted by Crippen LogP contribution is 2.72. The Morgan fingerprint density at radius 3 is 2.39 bits per heavy atom. The van der Waals surface area contributed by atoms with Crippen LogP contribution in [0.25, 0.3) is 6.08 Å². The van der Waals surface area contributed by atoms with Gasteiger partial charge in [-0.1, -0.05) is 94.7 Å². The Kier molecular flexibility index (Phi) is 8.30. The number of allylic oxidation sites excluding steroid dienone is 4. The lowest BCUT2D eigenvalue weighted by atomic mass is 9.43. The number of ether oxygens (including phenoxy) is 1. The predicted octanol–water partition coefficient (Wildman–Crippen LogP) is 10.7. The second-order valence-electron chi connectivity index (χ2n) is 15.7. The fraction of sp³-hybridized carbons (Fsp3) is 0.667. The van der Waals surface area contributed by atoms with Gasteiger partial charge in [0.25, 0.3) is 0 Å². The van der Waals surface area contributed by atoms with Crippen LogP contribution in [0.1, 0.15) is 125 Å². The van der Waals surface area contributed by atoms with E-state index in [0.717, 1.165) is 30.2 Å². The zero-order chi connectivity index (χ0) is 29.6. The van der Waals surface area contributed by atoms with Gasteiger partial charge in [-0.15, -0.1) is 0 Å². The SMILES string of the molecule is CC(C)=CCCC(C)C1CCC2(C)C3=C(CCC12C)C1(C)CCC(OC(=O)C=Cc2ccccc2)C(C)(C)C1CC3. The first-order valence-electron chi connectivity index (χ1n) is 16.6. The van der Waals surface area contributed by atoms with Crippen LogP contribution in [-0.4, -0.2) is 12.1 Å². The van der Waals surface area contributed by atoms with Crippen LogP contribution in [0.15, 0.2) is 59.2 Å². The van der Waals surface area contributed by atoms with Gasteiger partial charge in [0.15, 0.2) is 0 Å². The monoisotopic (exact) mass is 556 g/mol. The number of fused-ring (bicyclic) bond motifs is 4. The van der Waals surface area contributed by atoms with Crippen LogP contribution in [-0.2, 0) is 9.53 Å². The highest BCUT2D eigenvalue weighted by Gasteiger charge is 2.63. The number of hydrogen-bond acceptors (Lipinski definition) is 2. The van der Waals surface area contributed by atoms with Crippen LogP contribution in [0.4, 0.5) is 0 Å². The number of rotatable bonds is 7. The maximum Gasteiger partial charge on any atom is 0.331 e. The molecule has 1 aromatic rings. The average Bonchev–Trinajstić information content (AvgIpc) is 3.21. The zero-order valence-corrected chi connectivity index (χ0v) is 27.3. The molecule has 2 fully saturated rings. The van der Waals surface area contributed by atoms with Crippen molar-refractivity contribution in [3.8, 4) is 0 Å². The topological polar surface area (TPSA) is 26.3 Å². The van der Waals surface area contributed by atoms with Gasteiger partial charge in [-0.25, -0.2) is 4.79 Å². The summed E-state index contributed by atoms with van der Waals surface area (Å²) in [6, 6.07) is 10.0. The molecule has 0 radical (unpaired) electrons. The lowest BCUT2D eigenvalue weighted by molar-refractivity contribution is -0.164. The van der Waals surface area contributed by atoms with E-state index in [1.54, 1.807) is 6.08 Å². The maximum atomic E-state index is 12.9. The molecule has 224 valence electrons. The first-order chi connectivity index (χ1) is 19.3. The van der Waals surface area contributed by atoms with Crippen LogP contribution in [0.2, 0.25) is 0 Å². The molecule has 0 aromatic heterocycles. The van der Waals surface area contributed by atoms with E-state index >= 15 is 0 Å². The Hall–Kier alpha value is -2.09. The second-order valence-corrected chi connectivity index (χ2v) is 15.7. The third-order valence-electron chi connectivity index (χ3n) is 13.1. The summed E-state index contributed by atoms with van der Waals surface area (Å²) >= 11 is 0. The van der Waals surface area contributed by atoms with E-state index in [9.17, 15) is 4.79 Å². The van der Waals surface area contributed by atoms with E-state index in [-0.39, 0.29) is 22.9 Å². The van der Waals surface area contributed by atoms with Gasteiger partial charge in [-0.2, -0.15) is 0 Å². The molecule has 7 unspecified atom stereocenters. The van der Waals surface area contributed by atoms with Crippen molar-refractivity contribution < 1.29 is 9.53 Å². The molecular weight excluding hydrogens is 500 g/mol. The maximum absolute atomic E-state index is 12.9. The van der Waals surface area contributed by atoms with Gasteiger partial charge in [-0.05, 0) is 124 Å². The molecule has 2 saturated carbocycles. The summed E-state index contributed by atoms with van der Waals surface area (Å²) in [7, 11) is 0.